The second-order valence-corrected chi connectivity index (χ2v) is 3.69. The SMILES string of the molecule is O=CC(O)(CO)CP(=O)([O-])[O-].[Na+].[Na+]. The summed E-state index contributed by atoms with van der Waals surface area (Å²) in [5, 5.41) is 17.0. The predicted molar refractivity (Wildman–Crippen MR) is 30.6 cm³/mol. The van der Waals surface area contributed by atoms with Crippen molar-refractivity contribution in [3.63, 3.8) is 0 Å². The molecule has 2 N–H and O–H groups in total. The van der Waals surface area contributed by atoms with E-state index >= 15 is 0 Å². The Kier molecular flexibility index (Phi) is 12.4. The monoisotopic (exact) mass is 228 g/mol. The maximum atomic E-state index is 10.0. The molecule has 66 valence electrons. The van der Waals surface area contributed by atoms with E-state index in [1.54, 1.807) is 0 Å². The number of carbonyl (C=O) groups is 1. The van der Waals surface area contributed by atoms with E-state index in [0.29, 0.717) is 0 Å². The Morgan fingerprint density at radius 2 is 1.77 bits per heavy atom. The largest absolute Gasteiger partial charge is 1.00 e. The number of rotatable bonds is 4. The molecular formula is C4H7Na2O6P. The Morgan fingerprint density at radius 3 is 1.85 bits per heavy atom. The third-order valence-electron chi connectivity index (χ3n) is 0.961. The van der Waals surface area contributed by atoms with Crippen LogP contribution >= 0.6 is 7.60 Å². The van der Waals surface area contributed by atoms with Crippen LogP contribution in [0.2, 0.25) is 0 Å². The average Bonchev–Trinajstić information content (AvgIpc) is 1.84. The van der Waals surface area contributed by atoms with E-state index in [1.165, 1.54) is 0 Å². The molecule has 0 saturated heterocycles. The fraction of sp³-hybridized carbons (Fsp3) is 0.750. The van der Waals surface area contributed by atoms with Gasteiger partial charge in [0.25, 0.3) is 0 Å². The van der Waals surface area contributed by atoms with Crippen LogP contribution in [0.15, 0.2) is 0 Å². The molecule has 0 bridgehead atoms. The van der Waals surface area contributed by atoms with Crippen molar-refractivity contribution in [2.45, 2.75) is 5.60 Å². The van der Waals surface area contributed by atoms with Crippen LogP contribution in [0.25, 0.3) is 0 Å². The van der Waals surface area contributed by atoms with Gasteiger partial charge in [0.2, 0.25) is 0 Å². The summed E-state index contributed by atoms with van der Waals surface area (Å²) in [5.41, 5.74) is -2.45. The van der Waals surface area contributed by atoms with Gasteiger partial charge in [0.05, 0.1) is 6.61 Å². The van der Waals surface area contributed by atoms with E-state index in [0.717, 1.165) is 0 Å². The first-order valence-corrected chi connectivity index (χ1v) is 4.36. The van der Waals surface area contributed by atoms with Crippen LogP contribution in [0.5, 0.6) is 0 Å². The molecule has 0 saturated carbocycles. The molecule has 0 rings (SSSR count). The van der Waals surface area contributed by atoms with Crippen LogP contribution < -0.4 is 68.9 Å². The van der Waals surface area contributed by atoms with Crippen LogP contribution in [-0.2, 0) is 9.36 Å². The molecule has 0 heterocycles. The van der Waals surface area contributed by atoms with Gasteiger partial charge in [-0.25, -0.2) is 0 Å². The Hall–Kier alpha value is 1.74. The van der Waals surface area contributed by atoms with Crippen LogP contribution in [0.3, 0.4) is 0 Å². The summed E-state index contributed by atoms with van der Waals surface area (Å²) in [6, 6.07) is 0. The third kappa shape index (κ3) is 10.0. The summed E-state index contributed by atoms with van der Waals surface area (Å²) in [6.45, 7) is -1.08. The second kappa shape index (κ2) is 7.96. The second-order valence-electron chi connectivity index (χ2n) is 2.15. The van der Waals surface area contributed by atoms with Gasteiger partial charge in [-0.2, -0.15) is 0 Å². The van der Waals surface area contributed by atoms with Crippen molar-refractivity contribution in [1.29, 1.82) is 0 Å². The van der Waals surface area contributed by atoms with Gasteiger partial charge >= 0.3 is 59.1 Å². The molecular weight excluding hydrogens is 221 g/mol. The number of hydrogen-bond donors (Lipinski definition) is 2. The van der Waals surface area contributed by atoms with Crippen molar-refractivity contribution in [2.75, 3.05) is 12.8 Å². The Morgan fingerprint density at radius 1 is 1.38 bits per heavy atom. The van der Waals surface area contributed by atoms with E-state index in [-0.39, 0.29) is 65.4 Å². The van der Waals surface area contributed by atoms with Gasteiger partial charge in [-0.15, -0.1) is 0 Å². The predicted octanol–water partition coefficient (Wildman–Crippen LogP) is -9.17. The zero-order chi connectivity index (χ0) is 9.12. The van der Waals surface area contributed by atoms with Gasteiger partial charge in [0, 0.05) is 6.16 Å². The van der Waals surface area contributed by atoms with Crippen LogP contribution in [0.1, 0.15) is 0 Å². The molecule has 0 fully saturated rings. The van der Waals surface area contributed by atoms with Crippen molar-refractivity contribution < 1.29 is 88.5 Å². The van der Waals surface area contributed by atoms with Crippen LogP contribution in [0, 0.1) is 0 Å². The topological polar surface area (TPSA) is 121 Å². The molecule has 1 atom stereocenters. The fourth-order valence-electron chi connectivity index (χ4n) is 0.460. The molecule has 13 heavy (non-hydrogen) atoms. The fourth-order valence-corrected chi connectivity index (χ4v) is 1.31. The van der Waals surface area contributed by atoms with Crippen LogP contribution in [0.4, 0.5) is 0 Å². The first-order chi connectivity index (χ1) is 4.83. The Bertz CT molecular complexity index is 193. The molecule has 0 aromatic carbocycles. The summed E-state index contributed by atoms with van der Waals surface area (Å²) >= 11 is 0. The van der Waals surface area contributed by atoms with E-state index in [2.05, 4.69) is 0 Å². The minimum atomic E-state index is -4.96. The summed E-state index contributed by atoms with van der Waals surface area (Å²) in [6.07, 6.45) is -1.45. The molecule has 0 radical (unpaired) electrons. The molecule has 0 aromatic rings. The summed E-state index contributed by atoms with van der Waals surface area (Å²) in [5.74, 6) is 0. The standard InChI is InChI=1S/C4H9O6P.2Na/c5-1-4(7,2-6)3-11(8,9)10;;/h1,6-7H,2-3H2,(H2,8,9,10);;/q;2*+1/p-2. The van der Waals surface area contributed by atoms with Gasteiger partial charge in [0.1, 0.15) is 5.60 Å². The van der Waals surface area contributed by atoms with Gasteiger partial charge in [-0.05, 0) is 0 Å². The number of aliphatic hydroxyl groups excluding tert-OH is 1. The molecule has 0 aromatic heterocycles. The van der Waals surface area contributed by atoms with Gasteiger partial charge in [0.15, 0.2) is 6.29 Å². The van der Waals surface area contributed by atoms with E-state index < -0.39 is 26.0 Å². The molecule has 0 amide bonds. The maximum Gasteiger partial charge on any atom is 1.00 e. The summed E-state index contributed by atoms with van der Waals surface area (Å²) < 4.78 is 10.0. The molecule has 0 aliphatic heterocycles. The summed E-state index contributed by atoms with van der Waals surface area (Å²) in [4.78, 5) is 29.9. The molecule has 0 aliphatic rings. The molecule has 9 heteroatoms. The molecule has 6 nitrogen and oxygen atoms in total. The maximum absolute atomic E-state index is 10.0. The van der Waals surface area contributed by atoms with Crippen molar-refractivity contribution >= 4 is 13.9 Å². The number of carbonyl (C=O) groups excluding carboxylic acids is 1. The first-order valence-electron chi connectivity index (χ1n) is 2.64. The average molecular weight is 228 g/mol. The van der Waals surface area contributed by atoms with Crippen molar-refractivity contribution in [2.24, 2.45) is 0 Å². The molecule has 0 spiro atoms. The zero-order valence-corrected chi connectivity index (χ0v) is 12.4. The quantitative estimate of drug-likeness (QED) is 0.280. The minimum Gasteiger partial charge on any atom is -0.811 e. The van der Waals surface area contributed by atoms with Gasteiger partial charge in [-0.1, -0.05) is 7.60 Å². The smallest absolute Gasteiger partial charge is 0.811 e. The normalized spacial score (nSPS) is 14.8. The van der Waals surface area contributed by atoms with Gasteiger partial charge in [-0.3, -0.25) is 0 Å². The van der Waals surface area contributed by atoms with Crippen molar-refractivity contribution in [3.05, 3.63) is 0 Å². The summed E-state index contributed by atoms with van der Waals surface area (Å²) in [7, 11) is -4.96. The molecule has 0 aliphatic carbocycles. The number of aliphatic hydroxyl groups is 2. The third-order valence-corrected chi connectivity index (χ3v) is 1.90. The van der Waals surface area contributed by atoms with Crippen molar-refractivity contribution in [3.8, 4) is 0 Å². The van der Waals surface area contributed by atoms with E-state index in [9.17, 15) is 19.1 Å². The van der Waals surface area contributed by atoms with Gasteiger partial charge < -0.3 is 29.4 Å². The zero-order valence-electron chi connectivity index (χ0n) is 7.47. The minimum absolute atomic E-state index is 0. The van der Waals surface area contributed by atoms with E-state index in [4.69, 9.17) is 10.2 Å². The number of aldehydes is 1. The Labute approximate surface area is 119 Å². The molecule has 1 unspecified atom stereocenters. The van der Waals surface area contributed by atoms with Crippen LogP contribution in [-0.4, -0.2) is 34.9 Å². The number of hydrogen-bond acceptors (Lipinski definition) is 6. The van der Waals surface area contributed by atoms with E-state index in [1.807, 2.05) is 0 Å². The first kappa shape index (κ1) is 20.2. The van der Waals surface area contributed by atoms with Crippen molar-refractivity contribution in [1.82, 2.24) is 0 Å². The Balaban J connectivity index is -0.000000500.